The fourth-order valence-corrected chi connectivity index (χ4v) is 3.37. The van der Waals surface area contributed by atoms with E-state index in [2.05, 4.69) is 34.9 Å². The minimum Gasteiger partial charge on any atom is -0.356 e. The van der Waals surface area contributed by atoms with E-state index >= 15 is 0 Å². The summed E-state index contributed by atoms with van der Waals surface area (Å²) in [6.45, 7) is 0.700. The Morgan fingerprint density at radius 3 is 2.65 bits per heavy atom. The first-order valence-electron chi connectivity index (χ1n) is 9.42. The minimum atomic E-state index is -0.117. The predicted octanol–water partition coefficient (Wildman–Crippen LogP) is 3.72. The summed E-state index contributed by atoms with van der Waals surface area (Å²) in [6, 6.07) is 18.3. The fourth-order valence-electron chi connectivity index (χ4n) is 3.37. The van der Waals surface area contributed by atoms with Gasteiger partial charge in [-0.25, -0.2) is 0 Å². The molecule has 2 N–H and O–H groups in total. The molecule has 0 fully saturated rings. The van der Waals surface area contributed by atoms with Gasteiger partial charge >= 0.3 is 0 Å². The maximum atomic E-state index is 12.2. The summed E-state index contributed by atoms with van der Waals surface area (Å²) in [5.41, 5.74) is 3.39. The molecule has 0 radical (unpaired) electrons. The van der Waals surface area contributed by atoms with E-state index in [1.54, 1.807) is 0 Å². The molecule has 1 heterocycles. The van der Waals surface area contributed by atoms with Crippen molar-refractivity contribution < 1.29 is 9.59 Å². The SMILES string of the molecule is O=C(CCC1Cc2ccccc2NC1=O)NCCCCc1ccccc1. The smallest absolute Gasteiger partial charge is 0.227 e. The quantitative estimate of drug-likeness (QED) is 0.713. The standard InChI is InChI=1S/C22H26N2O2/c25-21(23-15-7-6-10-17-8-2-1-3-9-17)14-13-19-16-18-11-4-5-12-20(18)24-22(19)26/h1-5,8-9,11-12,19H,6-7,10,13-16H2,(H,23,25)(H,24,26). The molecular formula is C22H26N2O2. The molecule has 26 heavy (non-hydrogen) atoms. The van der Waals surface area contributed by atoms with E-state index < -0.39 is 0 Å². The number of anilines is 1. The van der Waals surface area contributed by atoms with Crippen LogP contribution < -0.4 is 10.6 Å². The number of nitrogens with one attached hydrogen (secondary N) is 2. The van der Waals surface area contributed by atoms with Crippen molar-refractivity contribution >= 4 is 17.5 Å². The van der Waals surface area contributed by atoms with Gasteiger partial charge in [0, 0.05) is 24.6 Å². The molecule has 3 rings (SSSR count). The lowest BCUT2D eigenvalue weighted by molar-refractivity contribution is -0.122. The van der Waals surface area contributed by atoms with Crippen LogP contribution in [0.4, 0.5) is 5.69 Å². The van der Waals surface area contributed by atoms with E-state index in [0.717, 1.165) is 30.5 Å². The van der Waals surface area contributed by atoms with Crippen LogP contribution >= 0.6 is 0 Å². The zero-order valence-electron chi connectivity index (χ0n) is 15.0. The van der Waals surface area contributed by atoms with Crippen molar-refractivity contribution in [3.8, 4) is 0 Å². The van der Waals surface area contributed by atoms with Crippen LogP contribution in [0.5, 0.6) is 0 Å². The van der Waals surface area contributed by atoms with Crippen LogP contribution in [0.2, 0.25) is 0 Å². The van der Waals surface area contributed by atoms with E-state index in [4.69, 9.17) is 0 Å². The maximum Gasteiger partial charge on any atom is 0.227 e. The van der Waals surface area contributed by atoms with Gasteiger partial charge < -0.3 is 10.6 Å². The third-order valence-electron chi connectivity index (χ3n) is 4.89. The largest absolute Gasteiger partial charge is 0.356 e. The van der Waals surface area contributed by atoms with Gasteiger partial charge in [-0.05, 0) is 49.3 Å². The van der Waals surface area contributed by atoms with E-state index in [0.29, 0.717) is 25.8 Å². The Balaban J connectivity index is 1.32. The summed E-state index contributed by atoms with van der Waals surface area (Å²) in [5, 5.41) is 5.91. The van der Waals surface area contributed by atoms with Gasteiger partial charge in [-0.1, -0.05) is 48.5 Å². The number of carbonyl (C=O) groups excluding carboxylic acids is 2. The second kappa shape index (κ2) is 9.18. The number of fused-ring (bicyclic) bond motifs is 1. The lowest BCUT2D eigenvalue weighted by Gasteiger charge is -2.24. The molecular weight excluding hydrogens is 324 g/mol. The molecule has 0 aliphatic carbocycles. The zero-order chi connectivity index (χ0) is 18.2. The predicted molar refractivity (Wildman–Crippen MR) is 104 cm³/mol. The van der Waals surface area contributed by atoms with Gasteiger partial charge in [-0.3, -0.25) is 9.59 Å². The molecule has 2 aromatic rings. The number of para-hydroxylation sites is 1. The number of benzene rings is 2. The number of aryl methyl sites for hydroxylation is 1. The number of hydrogen-bond donors (Lipinski definition) is 2. The normalized spacial score (nSPS) is 15.8. The summed E-state index contributed by atoms with van der Waals surface area (Å²) < 4.78 is 0. The number of amides is 2. The number of rotatable bonds is 8. The van der Waals surface area contributed by atoms with Crippen LogP contribution in [0.15, 0.2) is 54.6 Å². The molecule has 1 unspecified atom stereocenters. The highest BCUT2D eigenvalue weighted by Crippen LogP contribution is 2.27. The van der Waals surface area contributed by atoms with Gasteiger partial charge in [0.05, 0.1) is 0 Å². The zero-order valence-corrected chi connectivity index (χ0v) is 15.0. The van der Waals surface area contributed by atoms with Crippen molar-refractivity contribution in [2.75, 3.05) is 11.9 Å². The molecule has 0 aromatic heterocycles. The Kier molecular flexibility index (Phi) is 6.42. The highest BCUT2D eigenvalue weighted by Gasteiger charge is 2.26. The van der Waals surface area contributed by atoms with Gasteiger partial charge in [0.2, 0.25) is 11.8 Å². The van der Waals surface area contributed by atoms with Gasteiger partial charge in [0.25, 0.3) is 0 Å². The molecule has 1 atom stereocenters. The Hall–Kier alpha value is -2.62. The third kappa shape index (κ3) is 5.19. The topological polar surface area (TPSA) is 58.2 Å². The molecule has 0 saturated heterocycles. The van der Waals surface area contributed by atoms with Gasteiger partial charge in [0.1, 0.15) is 0 Å². The van der Waals surface area contributed by atoms with Gasteiger partial charge in [0.15, 0.2) is 0 Å². The molecule has 4 heteroatoms. The minimum absolute atomic E-state index is 0.0272. The second-order valence-electron chi connectivity index (χ2n) is 6.88. The average Bonchev–Trinajstić information content (AvgIpc) is 2.67. The number of unbranched alkanes of at least 4 members (excludes halogenated alkanes) is 1. The Morgan fingerprint density at radius 2 is 1.81 bits per heavy atom. The van der Waals surface area contributed by atoms with E-state index in [-0.39, 0.29) is 17.7 Å². The summed E-state index contributed by atoms with van der Waals surface area (Å²) >= 11 is 0. The van der Waals surface area contributed by atoms with Crippen molar-refractivity contribution in [1.82, 2.24) is 5.32 Å². The Bertz CT molecular complexity index is 743. The Morgan fingerprint density at radius 1 is 1.04 bits per heavy atom. The van der Waals surface area contributed by atoms with Crippen molar-refractivity contribution in [1.29, 1.82) is 0 Å². The molecule has 136 valence electrons. The van der Waals surface area contributed by atoms with Crippen LogP contribution in [0, 0.1) is 5.92 Å². The molecule has 0 spiro atoms. The van der Waals surface area contributed by atoms with Crippen molar-refractivity contribution in [3.05, 3.63) is 65.7 Å². The summed E-state index contributed by atoms with van der Waals surface area (Å²) in [5.74, 6) is -0.0514. The average molecular weight is 350 g/mol. The van der Waals surface area contributed by atoms with Crippen molar-refractivity contribution in [3.63, 3.8) is 0 Å². The van der Waals surface area contributed by atoms with Crippen LogP contribution in [0.3, 0.4) is 0 Å². The van der Waals surface area contributed by atoms with Crippen LogP contribution in [-0.2, 0) is 22.4 Å². The molecule has 4 nitrogen and oxygen atoms in total. The van der Waals surface area contributed by atoms with Gasteiger partial charge in [-0.2, -0.15) is 0 Å². The number of carbonyl (C=O) groups is 2. The molecule has 1 aliphatic heterocycles. The van der Waals surface area contributed by atoms with Crippen LogP contribution in [-0.4, -0.2) is 18.4 Å². The molecule has 2 aromatic carbocycles. The van der Waals surface area contributed by atoms with E-state index in [9.17, 15) is 9.59 Å². The number of hydrogen-bond acceptors (Lipinski definition) is 2. The first-order chi connectivity index (χ1) is 12.7. The molecule has 1 aliphatic rings. The second-order valence-corrected chi connectivity index (χ2v) is 6.88. The van der Waals surface area contributed by atoms with Crippen molar-refractivity contribution in [2.24, 2.45) is 5.92 Å². The first-order valence-corrected chi connectivity index (χ1v) is 9.42. The van der Waals surface area contributed by atoms with E-state index in [1.807, 2.05) is 30.3 Å². The summed E-state index contributed by atoms with van der Waals surface area (Å²) in [6.07, 6.45) is 4.78. The summed E-state index contributed by atoms with van der Waals surface area (Å²) in [7, 11) is 0. The molecule has 2 amide bonds. The van der Waals surface area contributed by atoms with Crippen LogP contribution in [0.1, 0.15) is 36.8 Å². The lowest BCUT2D eigenvalue weighted by Crippen LogP contribution is -2.32. The van der Waals surface area contributed by atoms with Crippen molar-refractivity contribution in [2.45, 2.75) is 38.5 Å². The summed E-state index contributed by atoms with van der Waals surface area (Å²) in [4.78, 5) is 24.2. The van der Waals surface area contributed by atoms with Gasteiger partial charge in [-0.15, -0.1) is 0 Å². The third-order valence-corrected chi connectivity index (χ3v) is 4.89. The highest BCUT2D eigenvalue weighted by molar-refractivity contribution is 5.96. The monoisotopic (exact) mass is 350 g/mol. The van der Waals surface area contributed by atoms with Crippen LogP contribution in [0.25, 0.3) is 0 Å². The first kappa shape index (κ1) is 18.2. The molecule has 0 saturated carbocycles. The maximum absolute atomic E-state index is 12.2. The van der Waals surface area contributed by atoms with E-state index in [1.165, 1.54) is 5.56 Å². The highest BCUT2D eigenvalue weighted by atomic mass is 16.2. The fraction of sp³-hybridized carbons (Fsp3) is 0.364. The molecule has 0 bridgehead atoms. The Labute approximate surface area is 155 Å². The lowest BCUT2D eigenvalue weighted by atomic mass is 9.89.